The SMILES string of the molecule is O=S(=O)(O)c1cc(O)cc(/C=C/c2ccc(O)cc2)c1. The van der Waals surface area contributed by atoms with Crippen LogP contribution in [0.1, 0.15) is 11.1 Å². The zero-order valence-corrected chi connectivity index (χ0v) is 11.1. The van der Waals surface area contributed by atoms with Crippen molar-refractivity contribution in [1.82, 2.24) is 0 Å². The van der Waals surface area contributed by atoms with Gasteiger partial charge in [0.2, 0.25) is 0 Å². The Balaban J connectivity index is 2.34. The molecule has 2 aromatic rings. The first-order valence-electron chi connectivity index (χ1n) is 5.63. The van der Waals surface area contributed by atoms with Gasteiger partial charge in [0.25, 0.3) is 10.1 Å². The molecule has 0 aliphatic heterocycles. The van der Waals surface area contributed by atoms with E-state index in [2.05, 4.69) is 0 Å². The normalized spacial score (nSPS) is 11.8. The van der Waals surface area contributed by atoms with Crippen molar-refractivity contribution in [3.8, 4) is 11.5 Å². The van der Waals surface area contributed by atoms with Crippen LogP contribution in [0, 0.1) is 0 Å². The fraction of sp³-hybridized carbons (Fsp3) is 0. The van der Waals surface area contributed by atoms with Crippen molar-refractivity contribution in [2.45, 2.75) is 4.90 Å². The molecule has 0 aliphatic carbocycles. The van der Waals surface area contributed by atoms with Crippen LogP contribution in [0.25, 0.3) is 12.2 Å². The van der Waals surface area contributed by atoms with Crippen molar-refractivity contribution < 1.29 is 23.2 Å². The first kappa shape index (κ1) is 14.1. The van der Waals surface area contributed by atoms with Crippen molar-refractivity contribution in [2.75, 3.05) is 0 Å². The lowest BCUT2D eigenvalue weighted by atomic mass is 10.1. The zero-order valence-electron chi connectivity index (χ0n) is 10.3. The molecule has 0 aromatic heterocycles. The van der Waals surface area contributed by atoms with Gasteiger partial charge in [-0.2, -0.15) is 8.42 Å². The molecular formula is C14H12O5S. The van der Waals surface area contributed by atoms with Gasteiger partial charge < -0.3 is 10.2 Å². The van der Waals surface area contributed by atoms with Crippen LogP contribution < -0.4 is 0 Å². The minimum Gasteiger partial charge on any atom is -0.508 e. The summed E-state index contributed by atoms with van der Waals surface area (Å²) in [6, 6.07) is 9.97. The molecule has 0 spiro atoms. The molecule has 2 rings (SSSR count). The molecule has 0 amide bonds. The van der Waals surface area contributed by atoms with Gasteiger partial charge in [-0.25, -0.2) is 0 Å². The Kier molecular flexibility index (Phi) is 3.78. The predicted octanol–water partition coefficient (Wildman–Crippen LogP) is 2.51. The minimum atomic E-state index is -4.36. The number of phenols is 2. The largest absolute Gasteiger partial charge is 0.508 e. The first-order valence-corrected chi connectivity index (χ1v) is 7.07. The standard InChI is InChI=1S/C14H12O5S/c15-12-5-3-10(4-6-12)1-2-11-7-13(16)9-14(8-11)20(17,18)19/h1-9,15-16H,(H,17,18,19)/b2-1+. The van der Waals surface area contributed by atoms with Gasteiger partial charge in [0, 0.05) is 6.07 Å². The summed E-state index contributed by atoms with van der Waals surface area (Å²) in [6.45, 7) is 0. The molecule has 104 valence electrons. The van der Waals surface area contributed by atoms with E-state index in [9.17, 15) is 13.5 Å². The Labute approximate surface area is 116 Å². The molecule has 0 atom stereocenters. The summed E-state index contributed by atoms with van der Waals surface area (Å²) in [5, 5.41) is 18.6. The number of hydrogen-bond acceptors (Lipinski definition) is 4. The molecule has 0 heterocycles. The second kappa shape index (κ2) is 5.36. The zero-order chi connectivity index (χ0) is 14.8. The average molecular weight is 292 g/mol. The topological polar surface area (TPSA) is 94.8 Å². The fourth-order valence-corrected chi connectivity index (χ4v) is 2.18. The Morgan fingerprint density at radius 2 is 1.40 bits per heavy atom. The second-order valence-corrected chi connectivity index (χ2v) is 5.58. The fourth-order valence-electron chi connectivity index (χ4n) is 1.63. The third-order valence-electron chi connectivity index (χ3n) is 2.57. The molecule has 0 bridgehead atoms. The van der Waals surface area contributed by atoms with Gasteiger partial charge in [-0.3, -0.25) is 4.55 Å². The van der Waals surface area contributed by atoms with E-state index in [0.717, 1.165) is 11.6 Å². The molecule has 20 heavy (non-hydrogen) atoms. The average Bonchev–Trinajstić information content (AvgIpc) is 2.36. The van der Waals surface area contributed by atoms with Crippen molar-refractivity contribution in [3.63, 3.8) is 0 Å². The maximum atomic E-state index is 11.0. The molecule has 0 saturated heterocycles. The first-order chi connectivity index (χ1) is 9.34. The highest BCUT2D eigenvalue weighted by atomic mass is 32.2. The summed E-state index contributed by atoms with van der Waals surface area (Å²) < 4.78 is 31.0. The predicted molar refractivity (Wildman–Crippen MR) is 75.0 cm³/mol. The van der Waals surface area contributed by atoms with Gasteiger partial charge in [0.1, 0.15) is 11.5 Å². The summed E-state index contributed by atoms with van der Waals surface area (Å²) in [5.41, 5.74) is 1.21. The molecule has 0 unspecified atom stereocenters. The number of benzene rings is 2. The third-order valence-corrected chi connectivity index (χ3v) is 3.40. The van der Waals surface area contributed by atoms with E-state index >= 15 is 0 Å². The molecule has 2 aromatic carbocycles. The lowest BCUT2D eigenvalue weighted by Crippen LogP contribution is -1.97. The van der Waals surface area contributed by atoms with Crippen molar-refractivity contribution >= 4 is 22.3 Å². The van der Waals surface area contributed by atoms with Crippen LogP contribution in [0.5, 0.6) is 11.5 Å². The van der Waals surface area contributed by atoms with E-state index in [1.807, 2.05) is 0 Å². The van der Waals surface area contributed by atoms with E-state index in [4.69, 9.17) is 9.66 Å². The summed E-state index contributed by atoms with van der Waals surface area (Å²) in [4.78, 5) is -0.372. The van der Waals surface area contributed by atoms with Gasteiger partial charge in [-0.15, -0.1) is 0 Å². The number of phenolic OH excluding ortho intramolecular Hbond substituents is 2. The van der Waals surface area contributed by atoms with Crippen molar-refractivity contribution in [2.24, 2.45) is 0 Å². The maximum Gasteiger partial charge on any atom is 0.294 e. The minimum absolute atomic E-state index is 0.146. The van der Waals surface area contributed by atoms with E-state index in [-0.39, 0.29) is 16.4 Å². The Bertz CT molecular complexity index is 746. The van der Waals surface area contributed by atoms with E-state index in [1.165, 1.54) is 24.3 Å². The molecule has 0 saturated carbocycles. The van der Waals surface area contributed by atoms with Crippen molar-refractivity contribution in [3.05, 3.63) is 53.6 Å². The molecule has 0 radical (unpaired) electrons. The summed E-state index contributed by atoms with van der Waals surface area (Å²) in [6.07, 6.45) is 3.27. The van der Waals surface area contributed by atoms with E-state index in [1.54, 1.807) is 24.3 Å². The van der Waals surface area contributed by atoms with Crippen LogP contribution in [-0.4, -0.2) is 23.2 Å². The lowest BCUT2D eigenvalue weighted by Gasteiger charge is -2.01. The Morgan fingerprint density at radius 1 is 0.800 bits per heavy atom. The van der Waals surface area contributed by atoms with Gasteiger partial charge in [0.05, 0.1) is 4.90 Å². The summed E-state index contributed by atoms with van der Waals surface area (Å²) in [7, 11) is -4.36. The van der Waals surface area contributed by atoms with Gasteiger partial charge in [-0.1, -0.05) is 24.3 Å². The highest BCUT2D eigenvalue weighted by Gasteiger charge is 2.11. The maximum absolute atomic E-state index is 11.0. The van der Waals surface area contributed by atoms with Crippen molar-refractivity contribution in [1.29, 1.82) is 0 Å². The second-order valence-electron chi connectivity index (χ2n) is 4.16. The summed E-state index contributed by atoms with van der Waals surface area (Å²) in [5.74, 6) is -0.112. The van der Waals surface area contributed by atoms with Crippen LogP contribution in [0.15, 0.2) is 47.4 Å². The van der Waals surface area contributed by atoms with Crippen LogP contribution >= 0.6 is 0 Å². The molecular weight excluding hydrogens is 280 g/mol. The Hall–Kier alpha value is -2.31. The highest BCUT2D eigenvalue weighted by molar-refractivity contribution is 7.85. The van der Waals surface area contributed by atoms with Crippen LogP contribution in [-0.2, 0) is 10.1 Å². The van der Waals surface area contributed by atoms with Gasteiger partial charge in [-0.05, 0) is 35.4 Å². The highest BCUT2D eigenvalue weighted by Crippen LogP contribution is 2.21. The lowest BCUT2D eigenvalue weighted by molar-refractivity contribution is 0.466. The molecule has 0 aliphatic rings. The smallest absolute Gasteiger partial charge is 0.294 e. The third kappa shape index (κ3) is 3.59. The number of hydrogen-bond donors (Lipinski definition) is 3. The quantitative estimate of drug-likeness (QED) is 0.597. The monoisotopic (exact) mass is 292 g/mol. The van der Waals surface area contributed by atoms with Crippen LogP contribution in [0.2, 0.25) is 0 Å². The van der Waals surface area contributed by atoms with Gasteiger partial charge in [0.15, 0.2) is 0 Å². The summed E-state index contributed by atoms with van der Waals surface area (Å²) >= 11 is 0. The van der Waals surface area contributed by atoms with E-state index in [0.29, 0.717) is 5.56 Å². The number of aromatic hydroxyl groups is 2. The molecule has 6 heteroatoms. The van der Waals surface area contributed by atoms with Crippen LogP contribution in [0.3, 0.4) is 0 Å². The Morgan fingerprint density at radius 3 is 2.00 bits per heavy atom. The number of rotatable bonds is 3. The van der Waals surface area contributed by atoms with Gasteiger partial charge >= 0.3 is 0 Å². The molecule has 0 fully saturated rings. The van der Waals surface area contributed by atoms with Crippen LogP contribution in [0.4, 0.5) is 0 Å². The molecule has 3 N–H and O–H groups in total. The molecule has 5 nitrogen and oxygen atoms in total. The van der Waals surface area contributed by atoms with E-state index < -0.39 is 10.1 Å².